The van der Waals surface area contributed by atoms with E-state index in [1.54, 1.807) is 6.07 Å². The number of hydrogen-bond acceptors (Lipinski definition) is 4. The van der Waals surface area contributed by atoms with Crippen LogP contribution in [0.3, 0.4) is 0 Å². The molecule has 0 bridgehead atoms. The highest BCUT2D eigenvalue weighted by Crippen LogP contribution is 2.23. The molecule has 0 aliphatic carbocycles. The van der Waals surface area contributed by atoms with Gasteiger partial charge in [0.15, 0.2) is 0 Å². The number of nitrogens with zero attached hydrogens (tertiary/aromatic N) is 1. The summed E-state index contributed by atoms with van der Waals surface area (Å²) < 4.78 is 5.63. The fourth-order valence-electron chi connectivity index (χ4n) is 3.60. The number of likely N-dealkylation sites (tertiary alicyclic amines) is 1. The molecule has 1 fully saturated rings. The molecule has 0 spiro atoms. The van der Waals surface area contributed by atoms with Crippen molar-refractivity contribution >= 4 is 12.0 Å². The Morgan fingerprint density at radius 2 is 2.04 bits per heavy atom. The number of primary amides is 1. The molecule has 28 heavy (non-hydrogen) atoms. The maximum Gasteiger partial charge on any atom is 0.410 e. The molecule has 2 amide bonds. The number of carbonyl (C=O) groups is 2. The van der Waals surface area contributed by atoms with Crippen molar-refractivity contribution in [2.24, 2.45) is 5.73 Å². The summed E-state index contributed by atoms with van der Waals surface area (Å²) in [5.74, 6) is -0.415. The van der Waals surface area contributed by atoms with Gasteiger partial charge in [-0.15, -0.1) is 0 Å². The summed E-state index contributed by atoms with van der Waals surface area (Å²) in [5, 5.41) is 3.51. The van der Waals surface area contributed by atoms with Crippen LogP contribution in [0.25, 0.3) is 0 Å². The first-order chi connectivity index (χ1) is 13.2. The Hall–Kier alpha value is -2.08. The smallest absolute Gasteiger partial charge is 0.410 e. The molecular weight excluding hydrogens is 354 g/mol. The Balaban J connectivity index is 1.95. The van der Waals surface area contributed by atoms with E-state index in [0.29, 0.717) is 12.1 Å². The van der Waals surface area contributed by atoms with Crippen LogP contribution in [0.2, 0.25) is 0 Å². The van der Waals surface area contributed by atoms with E-state index in [1.165, 1.54) is 0 Å². The Labute approximate surface area is 168 Å². The second-order valence-corrected chi connectivity index (χ2v) is 8.76. The monoisotopic (exact) mass is 389 g/mol. The normalized spacial score (nSPS) is 19.0. The largest absolute Gasteiger partial charge is 0.444 e. The van der Waals surface area contributed by atoms with Crippen molar-refractivity contribution in [3.63, 3.8) is 0 Å². The van der Waals surface area contributed by atoms with Crippen LogP contribution in [0.15, 0.2) is 24.3 Å². The first-order valence-electron chi connectivity index (χ1n) is 10.3. The van der Waals surface area contributed by atoms with Gasteiger partial charge in [-0.25, -0.2) is 4.79 Å². The van der Waals surface area contributed by atoms with Gasteiger partial charge >= 0.3 is 6.09 Å². The Kier molecular flexibility index (Phi) is 7.87. The maximum absolute atomic E-state index is 12.7. The SMILES string of the molecule is C[C@@H](C[C@H]1CCCCCN1C(=O)OC(C)(C)C)NCc1cccc(C(N)=O)c1. The fraction of sp³-hybridized carbons (Fsp3) is 0.636. The molecule has 0 radical (unpaired) electrons. The third-order valence-electron chi connectivity index (χ3n) is 5.00. The lowest BCUT2D eigenvalue weighted by atomic mass is 10.0. The zero-order valence-corrected chi connectivity index (χ0v) is 17.7. The van der Waals surface area contributed by atoms with E-state index in [9.17, 15) is 9.59 Å². The number of rotatable bonds is 6. The van der Waals surface area contributed by atoms with Crippen molar-refractivity contribution in [2.75, 3.05) is 6.54 Å². The minimum absolute atomic E-state index is 0.178. The van der Waals surface area contributed by atoms with E-state index in [4.69, 9.17) is 10.5 Å². The van der Waals surface area contributed by atoms with Gasteiger partial charge in [0.25, 0.3) is 0 Å². The van der Waals surface area contributed by atoms with Gasteiger partial charge in [0.2, 0.25) is 5.91 Å². The molecule has 1 saturated heterocycles. The van der Waals surface area contributed by atoms with Crippen LogP contribution in [-0.2, 0) is 11.3 Å². The van der Waals surface area contributed by atoms with Gasteiger partial charge in [0.1, 0.15) is 5.60 Å². The number of nitrogens with one attached hydrogen (secondary N) is 1. The highest BCUT2D eigenvalue weighted by molar-refractivity contribution is 5.92. The van der Waals surface area contributed by atoms with Crippen LogP contribution < -0.4 is 11.1 Å². The molecule has 6 nitrogen and oxygen atoms in total. The average Bonchev–Trinajstić information content (AvgIpc) is 2.84. The predicted molar refractivity (Wildman–Crippen MR) is 111 cm³/mol. The third kappa shape index (κ3) is 7.15. The molecule has 0 saturated carbocycles. The first-order valence-corrected chi connectivity index (χ1v) is 10.3. The minimum atomic E-state index is -0.483. The quantitative estimate of drug-likeness (QED) is 0.774. The molecule has 2 rings (SSSR count). The summed E-state index contributed by atoms with van der Waals surface area (Å²) in [5.41, 5.74) is 6.41. The number of carbonyl (C=O) groups excluding carboxylic acids is 2. The minimum Gasteiger partial charge on any atom is -0.444 e. The van der Waals surface area contributed by atoms with E-state index in [2.05, 4.69) is 12.2 Å². The van der Waals surface area contributed by atoms with E-state index in [-0.39, 0.29) is 18.2 Å². The van der Waals surface area contributed by atoms with Crippen LogP contribution in [0.1, 0.15) is 75.7 Å². The van der Waals surface area contributed by atoms with Gasteiger partial charge in [0.05, 0.1) is 0 Å². The third-order valence-corrected chi connectivity index (χ3v) is 5.00. The van der Waals surface area contributed by atoms with Crippen molar-refractivity contribution in [1.82, 2.24) is 10.2 Å². The molecule has 1 heterocycles. The molecule has 156 valence electrons. The second-order valence-electron chi connectivity index (χ2n) is 8.76. The Morgan fingerprint density at radius 1 is 1.29 bits per heavy atom. The van der Waals surface area contributed by atoms with Gasteiger partial charge in [-0.05, 0) is 64.7 Å². The topological polar surface area (TPSA) is 84.7 Å². The lowest BCUT2D eigenvalue weighted by Crippen LogP contribution is -2.45. The number of nitrogens with two attached hydrogens (primary N) is 1. The number of ether oxygens (including phenoxy) is 1. The predicted octanol–water partition coefficient (Wildman–Crippen LogP) is 3.83. The summed E-state index contributed by atoms with van der Waals surface area (Å²) >= 11 is 0. The van der Waals surface area contributed by atoms with Gasteiger partial charge in [0, 0.05) is 30.7 Å². The van der Waals surface area contributed by atoms with E-state index in [0.717, 1.165) is 44.2 Å². The molecular formula is C22H35N3O3. The summed E-state index contributed by atoms with van der Waals surface area (Å²) in [6.45, 7) is 9.26. The van der Waals surface area contributed by atoms with Crippen molar-refractivity contribution in [1.29, 1.82) is 0 Å². The van der Waals surface area contributed by atoms with Crippen molar-refractivity contribution in [2.45, 2.75) is 84.0 Å². The molecule has 2 atom stereocenters. The van der Waals surface area contributed by atoms with Crippen LogP contribution in [0.5, 0.6) is 0 Å². The lowest BCUT2D eigenvalue weighted by molar-refractivity contribution is 0.0150. The zero-order chi connectivity index (χ0) is 20.7. The van der Waals surface area contributed by atoms with Gasteiger partial charge < -0.3 is 20.7 Å². The number of benzene rings is 1. The number of hydrogen-bond donors (Lipinski definition) is 2. The zero-order valence-electron chi connectivity index (χ0n) is 17.7. The molecule has 1 aromatic rings. The molecule has 0 aromatic heterocycles. The Bertz CT molecular complexity index is 669. The van der Waals surface area contributed by atoms with Crippen molar-refractivity contribution in [3.05, 3.63) is 35.4 Å². The van der Waals surface area contributed by atoms with E-state index >= 15 is 0 Å². The van der Waals surface area contributed by atoms with Crippen LogP contribution in [0.4, 0.5) is 4.79 Å². The van der Waals surface area contributed by atoms with Crippen molar-refractivity contribution < 1.29 is 14.3 Å². The van der Waals surface area contributed by atoms with Crippen LogP contribution in [-0.4, -0.2) is 41.1 Å². The molecule has 1 aliphatic rings. The van der Waals surface area contributed by atoms with Crippen LogP contribution in [0, 0.1) is 0 Å². The van der Waals surface area contributed by atoms with Crippen LogP contribution >= 0.6 is 0 Å². The van der Waals surface area contributed by atoms with Gasteiger partial charge in [-0.1, -0.05) is 25.0 Å². The number of amides is 2. The molecule has 1 aromatic carbocycles. The average molecular weight is 390 g/mol. The van der Waals surface area contributed by atoms with E-state index in [1.807, 2.05) is 43.9 Å². The molecule has 1 aliphatic heterocycles. The fourth-order valence-corrected chi connectivity index (χ4v) is 3.60. The standard InChI is InChI=1S/C22H35N3O3/c1-16(24-15-17-9-8-10-18(14-17)20(23)26)13-19-11-6-5-7-12-25(19)21(27)28-22(2,3)4/h8-10,14,16,19,24H,5-7,11-13,15H2,1-4H3,(H2,23,26)/t16-,19+/m0/s1. The van der Waals surface area contributed by atoms with Gasteiger partial charge in [-0.3, -0.25) is 4.79 Å². The molecule has 0 unspecified atom stereocenters. The second kappa shape index (κ2) is 9.92. The summed E-state index contributed by atoms with van der Waals surface area (Å²) in [4.78, 5) is 25.9. The molecule has 6 heteroatoms. The summed E-state index contributed by atoms with van der Waals surface area (Å²) in [7, 11) is 0. The highest BCUT2D eigenvalue weighted by Gasteiger charge is 2.30. The highest BCUT2D eigenvalue weighted by atomic mass is 16.6. The van der Waals surface area contributed by atoms with E-state index < -0.39 is 11.5 Å². The first kappa shape index (κ1) is 22.2. The maximum atomic E-state index is 12.7. The lowest BCUT2D eigenvalue weighted by Gasteiger charge is -2.33. The molecule has 3 N–H and O–H groups in total. The van der Waals surface area contributed by atoms with Gasteiger partial charge in [-0.2, -0.15) is 0 Å². The summed E-state index contributed by atoms with van der Waals surface area (Å²) in [6.07, 6.45) is 4.98. The van der Waals surface area contributed by atoms with Crippen molar-refractivity contribution in [3.8, 4) is 0 Å². The summed E-state index contributed by atoms with van der Waals surface area (Å²) in [6, 6.07) is 7.77. The Morgan fingerprint density at radius 3 is 2.71 bits per heavy atom.